The van der Waals surface area contributed by atoms with E-state index in [1.807, 2.05) is 6.20 Å². The predicted octanol–water partition coefficient (Wildman–Crippen LogP) is 2.14. The summed E-state index contributed by atoms with van der Waals surface area (Å²) in [4.78, 5) is 7.12. The Balaban J connectivity index is 1.47. The van der Waals surface area contributed by atoms with E-state index >= 15 is 0 Å². The monoisotopic (exact) mass is 245 g/mol. The van der Waals surface area contributed by atoms with Crippen LogP contribution < -0.4 is 5.32 Å². The number of rotatable bonds is 4. The van der Waals surface area contributed by atoms with E-state index in [1.54, 1.807) is 0 Å². The Labute approximate surface area is 110 Å². The van der Waals surface area contributed by atoms with Crippen LogP contribution >= 0.6 is 0 Å². The quantitative estimate of drug-likeness (QED) is 0.881. The van der Waals surface area contributed by atoms with E-state index in [2.05, 4.69) is 27.3 Å². The van der Waals surface area contributed by atoms with E-state index in [-0.39, 0.29) is 0 Å². The van der Waals surface area contributed by atoms with Gasteiger partial charge in [0.15, 0.2) is 0 Å². The summed E-state index contributed by atoms with van der Waals surface area (Å²) in [5, 5.41) is 3.68. The Morgan fingerprint density at radius 1 is 1.28 bits per heavy atom. The van der Waals surface area contributed by atoms with Gasteiger partial charge in [0, 0.05) is 19.3 Å². The average Bonchev–Trinajstić information content (AvgIpc) is 2.84. The Morgan fingerprint density at radius 3 is 3.06 bits per heavy atom. The van der Waals surface area contributed by atoms with Crippen molar-refractivity contribution in [3.8, 4) is 0 Å². The maximum atomic E-state index is 4.53. The minimum Gasteiger partial charge on any atom is -0.307 e. The van der Waals surface area contributed by atoms with Gasteiger partial charge < -0.3 is 10.2 Å². The smallest absolute Gasteiger partial charge is 0.0605 e. The molecule has 0 bridgehead atoms. The van der Waals surface area contributed by atoms with Gasteiger partial charge in [-0.15, -0.1) is 0 Å². The van der Waals surface area contributed by atoms with Crippen LogP contribution in [0.15, 0.2) is 18.3 Å². The lowest BCUT2D eigenvalue weighted by atomic mass is 10.1. The number of nitrogens with zero attached hydrogens (tertiary/aromatic N) is 2. The van der Waals surface area contributed by atoms with Crippen LogP contribution in [0, 0.1) is 0 Å². The Kier molecular flexibility index (Phi) is 3.91. The Hall–Kier alpha value is -0.930. The molecule has 1 aromatic rings. The van der Waals surface area contributed by atoms with Gasteiger partial charge in [-0.25, -0.2) is 0 Å². The second-order valence-electron chi connectivity index (χ2n) is 5.50. The molecule has 1 saturated heterocycles. The summed E-state index contributed by atoms with van der Waals surface area (Å²) >= 11 is 0. The van der Waals surface area contributed by atoms with Crippen molar-refractivity contribution >= 4 is 0 Å². The molecule has 3 heteroatoms. The molecular weight excluding hydrogens is 222 g/mol. The molecule has 1 aromatic heterocycles. The molecule has 1 aliphatic heterocycles. The SMILES string of the molecule is c1cnc2c(c1)CCC2NCCN1CCCCC1. The van der Waals surface area contributed by atoms with E-state index < -0.39 is 0 Å². The van der Waals surface area contributed by atoms with Gasteiger partial charge in [0.2, 0.25) is 0 Å². The lowest BCUT2D eigenvalue weighted by Crippen LogP contribution is -2.36. The second kappa shape index (κ2) is 5.81. The largest absolute Gasteiger partial charge is 0.307 e. The molecule has 0 spiro atoms. The molecule has 18 heavy (non-hydrogen) atoms. The van der Waals surface area contributed by atoms with Gasteiger partial charge in [0.05, 0.1) is 11.7 Å². The van der Waals surface area contributed by atoms with Crippen molar-refractivity contribution in [2.75, 3.05) is 26.2 Å². The zero-order chi connectivity index (χ0) is 12.2. The van der Waals surface area contributed by atoms with Gasteiger partial charge in [-0.1, -0.05) is 12.5 Å². The summed E-state index contributed by atoms with van der Waals surface area (Å²) in [6.07, 6.45) is 8.51. The molecule has 1 atom stereocenters. The molecule has 0 radical (unpaired) electrons. The number of piperidine rings is 1. The van der Waals surface area contributed by atoms with Crippen molar-refractivity contribution < 1.29 is 0 Å². The number of fused-ring (bicyclic) bond motifs is 1. The molecule has 1 N–H and O–H groups in total. The molecule has 0 amide bonds. The van der Waals surface area contributed by atoms with E-state index in [0.717, 1.165) is 6.54 Å². The lowest BCUT2D eigenvalue weighted by molar-refractivity contribution is 0.226. The summed E-state index contributed by atoms with van der Waals surface area (Å²) in [6, 6.07) is 4.76. The standard InChI is InChI=1S/C15H23N3/c1-2-10-18(11-3-1)12-9-16-14-7-6-13-5-4-8-17-15(13)14/h4-5,8,14,16H,1-3,6-7,9-12H2. The first kappa shape index (κ1) is 12.1. The van der Waals surface area contributed by atoms with Gasteiger partial charge in [0.1, 0.15) is 0 Å². The lowest BCUT2D eigenvalue weighted by Gasteiger charge is -2.27. The normalized spacial score (nSPS) is 24.1. The average molecular weight is 245 g/mol. The van der Waals surface area contributed by atoms with Crippen LogP contribution in [0.5, 0.6) is 0 Å². The first-order valence-corrected chi connectivity index (χ1v) is 7.33. The fraction of sp³-hybridized carbons (Fsp3) is 0.667. The molecule has 0 aromatic carbocycles. The summed E-state index contributed by atoms with van der Waals surface area (Å²) in [6.45, 7) is 4.88. The fourth-order valence-corrected chi connectivity index (χ4v) is 3.19. The van der Waals surface area contributed by atoms with Crippen molar-refractivity contribution in [3.05, 3.63) is 29.6 Å². The number of aryl methyl sites for hydroxylation is 1. The minimum absolute atomic E-state index is 0.492. The molecular formula is C15H23N3. The van der Waals surface area contributed by atoms with Crippen LogP contribution in [0.2, 0.25) is 0 Å². The summed E-state index contributed by atoms with van der Waals surface area (Å²) in [5.74, 6) is 0. The zero-order valence-corrected chi connectivity index (χ0v) is 11.1. The van der Waals surface area contributed by atoms with Crippen LogP contribution in [0.1, 0.15) is 43.0 Å². The van der Waals surface area contributed by atoms with Gasteiger partial charge in [-0.05, 0) is 50.4 Å². The van der Waals surface area contributed by atoms with Crippen LogP contribution in [0.4, 0.5) is 0 Å². The number of hydrogen-bond acceptors (Lipinski definition) is 3. The van der Waals surface area contributed by atoms with Crippen molar-refractivity contribution in [1.29, 1.82) is 0 Å². The highest BCUT2D eigenvalue weighted by Crippen LogP contribution is 2.28. The van der Waals surface area contributed by atoms with Crippen LogP contribution in [-0.4, -0.2) is 36.1 Å². The fourth-order valence-electron chi connectivity index (χ4n) is 3.19. The van der Waals surface area contributed by atoms with E-state index in [4.69, 9.17) is 0 Å². The molecule has 3 nitrogen and oxygen atoms in total. The number of aromatic nitrogens is 1. The molecule has 0 saturated carbocycles. The maximum absolute atomic E-state index is 4.53. The maximum Gasteiger partial charge on any atom is 0.0605 e. The molecule has 1 unspecified atom stereocenters. The Bertz CT molecular complexity index is 385. The third-order valence-electron chi connectivity index (χ3n) is 4.23. The minimum atomic E-state index is 0.492. The molecule has 1 aliphatic carbocycles. The van der Waals surface area contributed by atoms with E-state index in [0.29, 0.717) is 6.04 Å². The molecule has 1 fully saturated rings. The second-order valence-corrected chi connectivity index (χ2v) is 5.50. The third kappa shape index (κ3) is 2.73. The Morgan fingerprint density at radius 2 is 2.17 bits per heavy atom. The third-order valence-corrected chi connectivity index (χ3v) is 4.23. The van der Waals surface area contributed by atoms with Crippen molar-refractivity contribution in [2.45, 2.75) is 38.1 Å². The number of nitrogens with one attached hydrogen (secondary N) is 1. The zero-order valence-electron chi connectivity index (χ0n) is 11.1. The van der Waals surface area contributed by atoms with Crippen molar-refractivity contribution in [3.63, 3.8) is 0 Å². The van der Waals surface area contributed by atoms with Gasteiger partial charge >= 0.3 is 0 Å². The highest BCUT2D eigenvalue weighted by Gasteiger charge is 2.22. The van der Waals surface area contributed by atoms with Gasteiger partial charge in [-0.2, -0.15) is 0 Å². The van der Waals surface area contributed by atoms with Gasteiger partial charge in [-0.3, -0.25) is 4.98 Å². The van der Waals surface area contributed by atoms with Crippen molar-refractivity contribution in [1.82, 2.24) is 15.2 Å². The first-order valence-electron chi connectivity index (χ1n) is 7.33. The topological polar surface area (TPSA) is 28.2 Å². The number of likely N-dealkylation sites (tertiary alicyclic amines) is 1. The highest BCUT2D eigenvalue weighted by atomic mass is 15.1. The molecule has 3 rings (SSSR count). The summed E-state index contributed by atoms with van der Waals surface area (Å²) in [7, 11) is 0. The number of hydrogen-bond donors (Lipinski definition) is 1. The van der Waals surface area contributed by atoms with Crippen LogP contribution in [-0.2, 0) is 6.42 Å². The van der Waals surface area contributed by atoms with E-state index in [9.17, 15) is 0 Å². The van der Waals surface area contributed by atoms with Crippen molar-refractivity contribution in [2.24, 2.45) is 0 Å². The highest BCUT2D eigenvalue weighted by molar-refractivity contribution is 5.27. The summed E-state index contributed by atoms with van der Waals surface area (Å²) in [5.41, 5.74) is 2.73. The van der Waals surface area contributed by atoms with Crippen LogP contribution in [0.25, 0.3) is 0 Å². The van der Waals surface area contributed by atoms with Gasteiger partial charge in [0.25, 0.3) is 0 Å². The molecule has 98 valence electrons. The number of pyridine rings is 1. The molecule has 2 heterocycles. The molecule has 2 aliphatic rings. The first-order chi connectivity index (χ1) is 8.93. The van der Waals surface area contributed by atoms with E-state index in [1.165, 1.54) is 63.0 Å². The summed E-state index contributed by atoms with van der Waals surface area (Å²) < 4.78 is 0. The van der Waals surface area contributed by atoms with Crippen LogP contribution in [0.3, 0.4) is 0 Å². The predicted molar refractivity (Wildman–Crippen MR) is 73.6 cm³/mol.